The van der Waals surface area contributed by atoms with Gasteiger partial charge in [-0.1, -0.05) is 30.3 Å². The Hall–Kier alpha value is -3.47. The van der Waals surface area contributed by atoms with Crippen molar-refractivity contribution in [2.75, 3.05) is 6.54 Å². The maximum Gasteiger partial charge on any atom is 0.326 e. The van der Waals surface area contributed by atoms with E-state index < -0.39 is 60.8 Å². The fourth-order valence-electron chi connectivity index (χ4n) is 2.29. The lowest BCUT2D eigenvalue weighted by molar-refractivity contribution is -0.147. The Labute approximate surface area is 166 Å². The van der Waals surface area contributed by atoms with Gasteiger partial charge in [0.2, 0.25) is 17.7 Å². The van der Waals surface area contributed by atoms with E-state index in [4.69, 9.17) is 15.9 Å². The smallest absolute Gasteiger partial charge is 0.326 e. The highest BCUT2D eigenvalue weighted by molar-refractivity contribution is 5.93. The maximum atomic E-state index is 12.0. The average molecular weight is 408 g/mol. The van der Waals surface area contributed by atoms with E-state index in [0.29, 0.717) is 0 Å². The molecule has 0 aliphatic carbocycles. The van der Waals surface area contributed by atoms with Crippen LogP contribution in [0.15, 0.2) is 30.3 Å². The van der Waals surface area contributed by atoms with Gasteiger partial charge in [-0.05, 0) is 18.9 Å². The predicted molar refractivity (Wildman–Crippen MR) is 101 cm³/mol. The van der Waals surface area contributed by atoms with Gasteiger partial charge in [-0.3, -0.25) is 19.2 Å². The Morgan fingerprint density at radius 1 is 1.00 bits per heavy atom. The van der Waals surface area contributed by atoms with Crippen LogP contribution < -0.4 is 21.7 Å². The molecule has 3 amide bonds. The maximum absolute atomic E-state index is 12.0. The molecule has 0 fully saturated rings. The monoisotopic (exact) mass is 408 g/mol. The van der Waals surface area contributed by atoms with E-state index in [0.717, 1.165) is 5.56 Å². The normalized spacial score (nSPS) is 13.4. The summed E-state index contributed by atoms with van der Waals surface area (Å²) in [5, 5.41) is 24.2. The lowest BCUT2D eigenvalue weighted by Crippen LogP contribution is -2.53. The molecule has 0 saturated carbocycles. The van der Waals surface area contributed by atoms with Crippen molar-refractivity contribution in [1.82, 2.24) is 16.0 Å². The molecule has 0 aromatic heterocycles. The molecular weight excluding hydrogens is 384 g/mol. The minimum Gasteiger partial charge on any atom is -0.481 e. The molecule has 1 aromatic carbocycles. The molecule has 158 valence electrons. The second-order valence-corrected chi connectivity index (χ2v) is 6.30. The summed E-state index contributed by atoms with van der Waals surface area (Å²) < 4.78 is 0. The van der Waals surface area contributed by atoms with Crippen LogP contribution in [-0.4, -0.2) is 64.5 Å². The number of amides is 3. The lowest BCUT2D eigenvalue weighted by atomic mass is 10.1. The second kappa shape index (κ2) is 11.4. The molecule has 29 heavy (non-hydrogen) atoms. The van der Waals surface area contributed by atoms with E-state index in [-0.39, 0.29) is 6.42 Å². The Balaban J connectivity index is 2.44. The van der Waals surface area contributed by atoms with Crippen LogP contribution in [-0.2, 0) is 30.4 Å². The van der Waals surface area contributed by atoms with Gasteiger partial charge in [0.15, 0.2) is 0 Å². The molecule has 7 N–H and O–H groups in total. The minimum atomic E-state index is -1.63. The van der Waals surface area contributed by atoms with Crippen LogP contribution in [0.25, 0.3) is 0 Å². The van der Waals surface area contributed by atoms with E-state index >= 15 is 0 Å². The van der Waals surface area contributed by atoms with Gasteiger partial charge in [0.1, 0.15) is 12.1 Å². The summed E-state index contributed by atoms with van der Waals surface area (Å²) in [4.78, 5) is 57.4. The van der Waals surface area contributed by atoms with E-state index in [1.807, 2.05) is 35.6 Å². The van der Waals surface area contributed by atoms with Crippen molar-refractivity contribution in [3.05, 3.63) is 35.9 Å². The lowest BCUT2D eigenvalue weighted by Gasteiger charge is -2.18. The van der Waals surface area contributed by atoms with Gasteiger partial charge < -0.3 is 31.9 Å². The molecule has 3 unspecified atom stereocenters. The number of carbonyl (C=O) groups is 5. The third-order valence-electron chi connectivity index (χ3n) is 3.82. The van der Waals surface area contributed by atoms with Gasteiger partial charge in [-0.25, -0.2) is 4.79 Å². The highest BCUT2D eigenvalue weighted by Gasteiger charge is 2.26. The number of hydrogen-bond acceptors (Lipinski definition) is 6. The molecule has 0 saturated heterocycles. The molecule has 0 spiro atoms. The van der Waals surface area contributed by atoms with Crippen LogP contribution in [0, 0.1) is 0 Å². The van der Waals surface area contributed by atoms with Crippen LogP contribution in [0.5, 0.6) is 0 Å². The number of carboxylic acids is 2. The average Bonchev–Trinajstić information content (AvgIpc) is 2.65. The summed E-state index contributed by atoms with van der Waals surface area (Å²) in [5.41, 5.74) is 6.66. The van der Waals surface area contributed by atoms with Crippen LogP contribution in [0.2, 0.25) is 0 Å². The van der Waals surface area contributed by atoms with E-state index in [1.54, 1.807) is 0 Å². The number of nitrogens with two attached hydrogens (primary N) is 1. The van der Waals surface area contributed by atoms with Crippen LogP contribution in [0.4, 0.5) is 0 Å². The molecule has 0 bridgehead atoms. The first kappa shape index (κ1) is 23.6. The molecule has 1 rings (SSSR count). The second-order valence-electron chi connectivity index (χ2n) is 6.30. The van der Waals surface area contributed by atoms with E-state index in [9.17, 15) is 24.0 Å². The Morgan fingerprint density at radius 2 is 1.62 bits per heavy atom. The van der Waals surface area contributed by atoms with Crippen molar-refractivity contribution in [3.8, 4) is 0 Å². The molecule has 1 aromatic rings. The van der Waals surface area contributed by atoms with Gasteiger partial charge in [0.05, 0.1) is 19.0 Å². The third-order valence-corrected chi connectivity index (χ3v) is 3.82. The summed E-state index contributed by atoms with van der Waals surface area (Å²) in [5.74, 6) is -5.03. The summed E-state index contributed by atoms with van der Waals surface area (Å²) in [7, 11) is 0. The standard InChI is InChI=1S/C18H24N4O7/c1-10(16(26)22-13(18(28)29)8-15(24)25)21-14(23)9-20-17(27)12(19)7-11-5-3-2-4-6-11/h2-6,10,12-13H,7-9,19H2,1H3,(H,20,27)(H,21,23)(H,22,26)(H,24,25)(H,28,29). The number of carboxylic acid groups (broad SMARTS) is 2. The molecule has 0 aliphatic rings. The Bertz CT molecular complexity index is 754. The summed E-state index contributed by atoms with van der Waals surface area (Å²) >= 11 is 0. The predicted octanol–water partition coefficient (Wildman–Crippen LogP) is -1.78. The number of rotatable bonds is 11. The van der Waals surface area contributed by atoms with Gasteiger partial charge in [0, 0.05) is 0 Å². The van der Waals surface area contributed by atoms with E-state index in [1.165, 1.54) is 6.92 Å². The van der Waals surface area contributed by atoms with Gasteiger partial charge in [-0.15, -0.1) is 0 Å². The van der Waals surface area contributed by atoms with Gasteiger partial charge in [-0.2, -0.15) is 0 Å². The zero-order valence-corrected chi connectivity index (χ0v) is 15.8. The first-order valence-electron chi connectivity index (χ1n) is 8.71. The highest BCUT2D eigenvalue weighted by Crippen LogP contribution is 2.01. The number of nitrogens with one attached hydrogen (secondary N) is 3. The van der Waals surface area contributed by atoms with Crippen molar-refractivity contribution in [2.24, 2.45) is 5.73 Å². The number of carbonyl (C=O) groups excluding carboxylic acids is 3. The molecule has 0 radical (unpaired) electrons. The van der Waals surface area contributed by atoms with Crippen LogP contribution in [0.1, 0.15) is 18.9 Å². The van der Waals surface area contributed by atoms with Gasteiger partial charge in [0.25, 0.3) is 0 Å². The Kier molecular flexibility index (Phi) is 9.26. The van der Waals surface area contributed by atoms with Crippen molar-refractivity contribution >= 4 is 29.7 Å². The fraction of sp³-hybridized carbons (Fsp3) is 0.389. The molecule has 0 heterocycles. The highest BCUT2D eigenvalue weighted by atomic mass is 16.4. The zero-order chi connectivity index (χ0) is 22.0. The largest absolute Gasteiger partial charge is 0.481 e. The Morgan fingerprint density at radius 3 is 2.17 bits per heavy atom. The molecular formula is C18H24N4O7. The van der Waals surface area contributed by atoms with Crippen LogP contribution >= 0.6 is 0 Å². The first-order chi connectivity index (χ1) is 13.6. The number of aliphatic carboxylic acids is 2. The minimum absolute atomic E-state index is 0.285. The zero-order valence-electron chi connectivity index (χ0n) is 15.8. The summed E-state index contributed by atoms with van der Waals surface area (Å²) in [6.07, 6.45) is -0.523. The third kappa shape index (κ3) is 8.84. The molecule has 0 aliphatic heterocycles. The number of benzene rings is 1. The van der Waals surface area contributed by atoms with Crippen molar-refractivity contribution in [3.63, 3.8) is 0 Å². The van der Waals surface area contributed by atoms with Crippen molar-refractivity contribution < 1.29 is 34.2 Å². The fourth-order valence-corrected chi connectivity index (χ4v) is 2.29. The number of hydrogen-bond donors (Lipinski definition) is 6. The topological polar surface area (TPSA) is 188 Å². The molecule has 3 atom stereocenters. The molecule has 11 heteroatoms. The summed E-state index contributed by atoms with van der Waals surface area (Å²) in [6, 6.07) is 5.44. The van der Waals surface area contributed by atoms with Crippen molar-refractivity contribution in [2.45, 2.75) is 37.9 Å². The first-order valence-corrected chi connectivity index (χ1v) is 8.71. The molecule has 11 nitrogen and oxygen atoms in total. The van der Waals surface area contributed by atoms with Gasteiger partial charge >= 0.3 is 11.9 Å². The van der Waals surface area contributed by atoms with Crippen LogP contribution in [0.3, 0.4) is 0 Å². The SMILES string of the molecule is CC(NC(=O)CNC(=O)C(N)Cc1ccccc1)C(=O)NC(CC(=O)O)C(=O)O. The summed E-state index contributed by atoms with van der Waals surface area (Å²) in [6.45, 7) is 0.853. The van der Waals surface area contributed by atoms with E-state index in [2.05, 4.69) is 10.6 Å². The van der Waals surface area contributed by atoms with Crippen molar-refractivity contribution in [1.29, 1.82) is 0 Å². The quantitative estimate of drug-likeness (QED) is 0.248.